The minimum atomic E-state index is -3.68. The van der Waals surface area contributed by atoms with Crippen LogP contribution >= 0.6 is 27.3 Å². The highest BCUT2D eigenvalue weighted by Gasteiger charge is 2.26. The van der Waals surface area contributed by atoms with Crippen molar-refractivity contribution >= 4 is 54.3 Å². The van der Waals surface area contributed by atoms with Crippen molar-refractivity contribution in [1.82, 2.24) is 9.29 Å². The number of thiazole rings is 1. The summed E-state index contributed by atoms with van der Waals surface area (Å²) >= 11 is 4.47. The SMILES string of the molecule is O=C(COC(=O)c1cccc(S(=O)(=O)N2CCCCCC2)c1)Nc1ncc(Br)s1. The van der Waals surface area contributed by atoms with E-state index in [4.69, 9.17) is 4.74 Å². The predicted molar refractivity (Wildman–Crippen MR) is 112 cm³/mol. The number of halogens is 1. The lowest BCUT2D eigenvalue weighted by molar-refractivity contribution is -0.119. The van der Waals surface area contributed by atoms with Gasteiger partial charge in [-0.2, -0.15) is 4.31 Å². The van der Waals surface area contributed by atoms with Crippen LogP contribution in [0.15, 0.2) is 39.1 Å². The number of nitrogens with zero attached hydrogens (tertiary/aromatic N) is 2. The van der Waals surface area contributed by atoms with Crippen molar-refractivity contribution in [2.24, 2.45) is 0 Å². The quantitative estimate of drug-likeness (QED) is 0.608. The Morgan fingerprint density at radius 2 is 1.93 bits per heavy atom. The summed E-state index contributed by atoms with van der Waals surface area (Å²) in [4.78, 5) is 28.2. The number of benzene rings is 1. The Hall–Kier alpha value is -1.82. The number of anilines is 1. The highest BCUT2D eigenvalue weighted by Crippen LogP contribution is 2.23. The van der Waals surface area contributed by atoms with Gasteiger partial charge in [0.05, 0.1) is 20.4 Å². The molecule has 0 radical (unpaired) electrons. The van der Waals surface area contributed by atoms with Gasteiger partial charge >= 0.3 is 5.97 Å². The van der Waals surface area contributed by atoms with E-state index in [0.717, 1.165) is 29.5 Å². The van der Waals surface area contributed by atoms with Gasteiger partial charge < -0.3 is 4.74 Å². The zero-order valence-corrected chi connectivity index (χ0v) is 18.7. The summed E-state index contributed by atoms with van der Waals surface area (Å²) in [5.74, 6) is -1.30. The van der Waals surface area contributed by atoms with Crippen LogP contribution in [-0.2, 0) is 19.6 Å². The molecule has 0 atom stereocenters. The van der Waals surface area contributed by atoms with Crippen molar-refractivity contribution in [3.05, 3.63) is 39.8 Å². The number of hydrogen-bond acceptors (Lipinski definition) is 7. The summed E-state index contributed by atoms with van der Waals surface area (Å²) in [7, 11) is -3.68. The molecule has 0 bridgehead atoms. The zero-order valence-electron chi connectivity index (χ0n) is 15.5. The molecule has 0 saturated carbocycles. The first-order valence-corrected chi connectivity index (χ1v) is 12.1. The molecule has 1 fully saturated rings. The number of hydrogen-bond donors (Lipinski definition) is 1. The summed E-state index contributed by atoms with van der Waals surface area (Å²) in [6.45, 7) is 0.452. The molecule has 1 aliphatic rings. The molecule has 29 heavy (non-hydrogen) atoms. The fourth-order valence-electron chi connectivity index (χ4n) is 2.90. The van der Waals surface area contributed by atoms with E-state index in [2.05, 4.69) is 26.2 Å². The van der Waals surface area contributed by atoms with E-state index >= 15 is 0 Å². The minimum Gasteiger partial charge on any atom is -0.452 e. The summed E-state index contributed by atoms with van der Waals surface area (Å²) in [6.07, 6.45) is 5.22. The van der Waals surface area contributed by atoms with Gasteiger partial charge in [0.2, 0.25) is 10.0 Å². The lowest BCUT2D eigenvalue weighted by Crippen LogP contribution is -2.32. The average molecular weight is 502 g/mol. The maximum absolute atomic E-state index is 12.9. The van der Waals surface area contributed by atoms with Crippen LogP contribution in [0.5, 0.6) is 0 Å². The van der Waals surface area contributed by atoms with Crippen LogP contribution in [0.3, 0.4) is 0 Å². The molecular formula is C18H20BrN3O5S2. The van der Waals surface area contributed by atoms with Crippen LogP contribution in [-0.4, -0.2) is 49.3 Å². The number of ether oxygens (including phenoxy) is 1. The molecule has 1 aromatic carbocycles. The second-order valence-corrected chi connectivity index (χ2v) is 10.8. The van der Waals surface area contributed by atoms with E-state index in [0.29, 0.717) is 18.2 Å². The fraction of sp³-hybridized carbons (Fsp3) is 0.389. The molecular weight excluding hydrogens is 482 g/mol. The van der Waals surface area contributed by atoms with Gasteiger partial charge in [0.25, 0.3) is 5.91 Å². The van der Waals surface area contributed by atoms with E-state index in [1.165, 1.54) is 39.9 Å². The lowest BCUT2D eigenvalue weighted by atomic mass is 10.2. The third-order valence-electron chi connectivity index (χ3n) is 4.33. The van der Waals surface area contributed by atoms with Crippen molar-refractivity contribution in [3.8, 4) is 0 Å². The van der Waals surface area contributed by atoms with E-state index in [1.807, 2.05) is 0 Å². The van der Waals surface area contributed by atoms with Gasteiger partial charge in [-0.1, -0.05) is 30.2 Å². The Kier molecular flexibility index (Phi) is 7.38. The molecule has 0 unspecified atom stereocenters. The normalized spacial score (nSPS) is 15.5. The van der Waals surface area contributed by atoms with Gasteiger partial charge in [-0.15, -0.1) is 0 Å². The Labute approximate surface area is 181 Å². The molecule has 8 nitrogen and oxygen atoms in total. The van der Waals surface area contributed by atoms with Crippen molar-refractivity contribution in [2.75, 3.05) is 25.0 Å². The van der Waals surface area contributed by atoms with Crippen molar-refractivity contribution in [1.29, 1.82) is 0 Å². The maximum Gasteiger partial charge on any atom is 0.338 e. The Morgan fingerprint density at radius 3 is 2.59 bits per heavy atom. The Morgan fingerprint density at radius 1 is 1.21 bits per heavy atom. The summed E-state index contributed by atoms with van der Waals surface area (Å²) in [5, 5.41) is 2.89. The third kappa shape index (κ3) is 5.84. The first-order chi connectivity index (χ1) is 13.9. The molecule has 2 aromatic rings. The fourth-order valence-corrected chi connectivity index (χ4v) is 5.58. The third-order valence-corrected chi connectivity index (χ3v) is 7.62. The van der Waals surface area contributed by atoms with Gasteiger partial charge in [-0.05, 0) is 47.0 Å². The van der Waals surface area contributed by atoms with Gasteiger partial charge in [0.15, 0.2) is 11.7 Å². The van der Waals surface area contributed by atoms with E-state index in [9.17, 15) is 18.0 Å². The molecule has 156 valence electrons. The first-order valence-electron chi connectivity index (χ1n) is 9.05. The summed E-state index contributed by atoms with van der Waals surface area (Å²) in [6, 6.07) is 5.70. The van der Waals surface area contributed by atoms with Crippen LogP contribution in [0.1, 0.15) is 36.0 Å². The second kappa shape index (κ2) is 9.79. The second-order valence-electron chi connectivity index (χ2n) is 6.44. The summed E-state index contributed by atoms with van der Waals surface area (Å²) in [5.41, 5.74) is 0.0747. The molecule has 1 N–H and O–H groups in total. The largest absolute Gasteiger partial charge is 0.452 e. The predicted octanol–water partition coefficient (Wildman–Crippen LogP) is 3.27. The molecule has 0 spiro atoms. The van der Waals surface area contributed by atoms with E-state index in [1.54, 1.807) is 6.20 Å². The molecule has 0 aliphatic carbocycles. The first kappa shape index (κ1) is 21.9. The van der Waals surface area contributed by atoms with Gasteiger partial charge in [-0.25, -0.2) is 18.2 Å². The molecule has 3 rings (SSSR count). The number of carbonyl (C=O) groups excluding carboxylic acids is 2. The molecule has 1 amide bonds. The Bertz CT molecular complexity index is 985. The molecule has 1 aromatic heterocycles. The van der Waals surface area contributed by atoms with Crippen LogP contribution < -0.4 is 5.32 Å². The Balaban J connectivity index is 1.63. The molecule has 11 heteroatoms. The van der Waals surface area contributed by atoms with Crippen LogP contribution in [0.25, 0.3) is 0 Å². The summed E-state index contributed by atoms with van der Waals surface area (Å²) < 4.78 is 33.0. The molecule has 1 aliphatic heterocycles. The number of esters is 1. The number of sulfonamides is 1. The topological polar surface area (TPSA) is 106 Å². The number of rotatable bonds is 6. The molecule has 2 heterocycles. The van der Waals surface area contributed by atoms with Gasteiger partial charge in [-0.3, -0.25) is 10.1 Å². The van der Waals surface area contributed by atoms with Crippen LogP contribution in [0.2, 0.25) is 0 Å². The standard InChI is InChI=1S/C18H20BrN3O5S2/c19-15-11-20-18(28-15)21-16(23)12-27-17(24)13-6-5-7-14(10-13)29(25,26)22-8-3-1-2-4-9-22/h5-7,10-11H,1-4,8-9,12H2,(H,20,21,23). The molecule has 1 saturated heterocycles. The number of amides is 1. The average Bonchev–Trinajstić information content (AvgIpc) is 2.94. The minimum absolute atomic E-state index is 0.0472. The van der Waals surface area contributed by atoms with Crippen LogP contribution in [0, 0.1) is 0 Å². The monoisotopic (exact) mass is 501 g/mol. The smallest absolute Gasteiger partial charge is 0.338 e. The maximum atomic E-state index is 12.9. The van der Waals surface area contributed by atoms with Crippen LogP contribution in [0.4, 0.5) is 5.13 Å². The number of aromatic nitrogens is 1. The van der Waals surface area contributed by atoms with E-state index < -0.39 is 28.5 Å². The van der Waals surface area contributed by atoms with Crippen molar-refractivity contribution in [3.63, 3.8) is 0 Å². The van der Waals surface area contributed by atoms with Gasteiger partial charge in [0.1, 0.15) is 0 Å². The van der Waals surface area contributed by atoms with Crippen molar-refractivity contribution in [2.45, 2.75) is 30.6 Å². The van der Waals surface area contributed by atoms with Crippen molar-refractivity contribution < 1.29 is 22.7 Å². The number of carbonyl (C=O) groups is 2. The lowest BCUT2D eigenvalue weighted by Gasteiger charge is -2.20. The number of nitrogens with one attached hydrogen (secondary N) is 1. The highest BCUT2D eigenvalue weighted by atomic mass is 79.9. The highest BCUT2D eigenvalue weighted by molar-refractivity contribution is 9.11. The van der Waals surface area contributed by atoms with Gasteiger partial charge in [0, 0.05) is 13.1 Å². The van der Waals surface area contributed by atoms with E-state index in [-0.39, 0.29) is 10.5 Å². The zero-order chi connectivity index (χ0) is 20.9.